The summed E-state index contributed by atoms with van der Waals surface area (Å²) in [5.41, 5.74) is 1.32. The number of hydrogen-bond acceptors (Lipinski definition) is 3. The molecule has 0 amide bonds. The van der Waals surface area contributed by atoms with Crippen LogP contribution in [0.25, 0.3) is 0 Å². The third-order valence-electron chi connectivity index (χ3n) is 1.29. The Kier molecular flexibility index (Phi) is 13.5. The van der Waals surface area contributed by atoms with E-state index >= 15 is 0 Å². The highest BCUT2D eigenvalue weighted by Crippen LogP contribution is 1.92. The number of benzene rings is 1. The zero-order valence-electron chi connectivity index (χ0n) is 11.4. The first-order chi connectivity index (χ1) is 7.90. The van der Waals surface area contributed by atoms with E-state index in [9.17, 15) is 4.79 Å². The van der Waals surface area contributed by atoms with E-state index in [0.717, 1.165) is 0 Å². The zero-order valence-corrected chi connectivity index (χ0v) is 11.4. The normalized spacial score (nSPS) is 8.41. The number of carbonyl (C=O) groups is 1. The molecule has 3 nitrogen and oxygen atoms in total. The first kappa shape index (κ1) is 18.0. The molecule has 17 heavy (non-hydrogen) atoms. The van der Waals surface area contributed by atoms with Crippen molar-refractivity contribution in [1.82, 2.24) is 0 Å². The number of ether oxygens (including phenoxy) is 1. The first-order valence-electron chi connectivity index (χ1n) is 5.73. The molecule has 0 saturated heterocycles. The lowest BCUT2D eigenvalue weighted by molar-refractivity contribution is -0.140. The Hall–Kier alpha value is -1.35. The van der Waals surface area contributed by atoms with Gasteiger partial charge in [0.05, 0.1) is 6.61 Å². The zero-order chi connectivity index (χ0) is 13.7. The monoisotopic (exact) mass is 240 g/mol. The van der Waals surface area contributed by atoms with E-state index in [-0.39, 0.29) is 12.1 Å². The molecule has 0 fully saturated rings. The summed E-state index contributed by atoms with van der Waals surface area (Å²) in [4.78, 5) is 9.82. The topological polar surface area (TPSA) is 46.5 Å². The molecule has 0 atom stereocenters. The molecule has 0 bridgehead atoms. The maximum atomic E-state index is 9.82. The lowest BCUT2D eigenvalue weighted by atomic mass is 10.2. The largest absolute Gasteiger partial charge is 0.466 e. The van der Waals surface area contributed by atoms with Gasteiger partial charge in [-0.15, -0.1) is 0 Å². The molecule has 0 aliphatic carbocycles. The fraction of sp³-hybridized carbons (Fsp3) is 0.500. The van der Waals surface area contributed by atoms with Gasteiger partial charge in [0.25, 0.3) is 0 Å². The van der Waals surface area contributed by atoms with Crippen molar-refractivity contribution >= 4 is 5.97 Å². The van der Waals surface area contributed by atoms with Gasteiger partial charge in [-0.2, -0.15) is 0 Å². The number of rotatable bonds is 1. The van der Waals surface area contributed by atoms with E-state index < -0.39 is 0 Å². The predicted octanol–water partition coefficient (Wildman–Crippen LogP) is 2.95. The van der Waals surface area contributed by atoms with Crippen molar-refractivity contribution in [1.29, 1.82) is 0 Å². The number of esters is 1. The minimum absolute atomic E-state index is 0.167. The molecule has 0 aromatic heterocycles. The van der Waals surface area contributed by atoms with Crippen molar-refractivity contribution in [3.8, 4) is 0 Å². The van der Waals surface area contributed by atoms with Crippen LogP contribution in [0.2, 0.25) is 0 Å². The van der Waals surface area contributed by atoms with Gasteiger partial charge in [0, 0.05) is 13.0 Å². The molecule has 1 N–H and O–H groups in total. The summed E-state index contributed by atoms with van der Waals surface area (Å²) in [6.45, 7) is 9.18. The van der Waals surface area contributed by atoms with Crippen molar-refractivity contribution in [3.63, 3.8) is 0 Å². The van der Waals surface area contributed by atoms with Gasteiger partial charge in [-0.25, -0.2) is 0 Å². The second kappa shape index (κ2) is 12.7. The number of aliphatic hydroxyl groups excluding tert-OH is 1. The van der Waals surface area contributed by atoms with Gasteiger partial charge in [-0.1, -0.05) is 35.9 Å². The Labute approximate surface area is 104 Å². The van der Waals surface area contributed by atoms with Gasteiger partial charge in [0.2, 0.25) is 0 Å². The van der Waals surface area contributed by atoms with E-state index in [1.54, 1.807) is 20.8 Å². The number of carbonyl (C=O) groups excluding carboxylic acids is 1. The standard InChI is InChI=1S/C7H8.C4H8O2.C3H8O/c1-7-5-3-2-4-6-7;1-3-6-4(2)5;1-3(2)4/h2-6H,1H3;3H2,1-2H3;3-4H,1-2H3. The fourth-order valence-corrected chi connectivity index (χ4v) is 0.738. The summed E-state index contributed by atoms with van der Waals surface area (Å²) in [6.07, 6.45) is -0.167. The Bertz CT molecular complexity index is 265. The third kappa shape index (κ3) is 25.2. The molecule has 98 valence electrons. The minimum atomic E-state index is -0.211. The molecule has 1 aromatic rings. The highest BCUT2D eigenvalue weighted by Gasteiger charge is 1.81. The van der Waals surface area contributed by atoms with Crippen LogP contribution >= 0.6 is 0 Å². The van der Waals surface area contributed by atoms with Crippen LogP contribution in [0.3, 0.4) is 0 Å². The van der Waals surface area contributed by atoms with Crippen molar-refractivity contribution in [3.05, 3.63) is 35.9 Å². The average molecular weight is 240 g/mol. The Balaban J connectivity index is 0. The average Bonchev–Trinajstić information content (AvgIpc) is 2.18. The molecule has 1 aromatic carbocycles. The molecule has 0 spiro atoms. The molecule has 0 radical (unpaired) electrons. The summed E-state index contributed by atoms with van der Waals surface area (Å²) in [7, 11) is 0. The van der Waals surface area contributed by atoms with E-state index in [1.807, 2.05) is 18.2 Å². The number of aryl methyl sites for hydroxylation is 1. The van der Waals surface area contributed by atoms with Crippen LogP contribution in [0, 0.1) is 6.92 Å². The lowest BCUT2D eigenvalue weighted by Crippen LogP contribution is -1.95. The smallest absolute Gasteiger partial charge is 0.302 e. The summed E-state index contributed by atoms with van der Waals surface area (Å²) in [6, 6.07) is 10.3. The van der Waals surface area contributed by atoms with Crippen molar-refractivity contribution in [2.45, 2.75) is 40.7 Å². The van der Waals surface area contributed by atoms with Crippen LogP contribution in [-0.4, -0.2) is 23.8 Å². The van der Waals surface area contributed by atoms with Gasteiger partial charge >= 0.3 is 5.97 Å². The highest BCUT2D eigenvalue weighted by atomic mass is 16.5. The second-order valence-corrected chi connectivity index (χ2v) is 3.67. The summed E-state index contributed by atoms with van der Waals surface area (Å²) in [5.74, 6) is -0.211. The van der Waals surface area contributed by atoms with Crippen LogP contribution in [0.1, 0.15) is 33.3 Å². The summed E-state index contributed by atoms with van der Waals surface area (Å²) < 4.78 is 4.40. The molecular weight excluding hydrogens is 216 g/mol. The first-order valence-corrected chi connectivity index (χ1v) is 5.73. The summed E-state index contributed by atoms with van der Waals surface area (Å²) >= 11 is 0. The van der Waals surface area contributed by atoms with Gasteiger partial charge in [-0.3, -0.25) is 4.79 Å². The molecule has 0 unspecified atom stereocenters. The van der Waals surface area contributed by atoms with Gasteiger partial charge < -0.3 is 9.84 Å². The number of hydrogen-bond donors (Lipinski definition) is 1. The van der Waals surface area contributed by atoms with Gasteiger partial charge in [-0.05, 0) is 27.7 Å². The SMILES string of the molecule is CC(C)O.CCOC(C)=O.Cc1ccccc1. The quantitative estimate of drug-likeness (QED) is 0.768. The van der Waals surface area contributed by atoms with E-state index in [2.05, 4.69) is 23.8 Å². The van der Waals surface area contributed by atoms with E-state index in [4.69, 9.17) is 5.11 Å². The predicted molar refractivity (Wildman–Crippen MR) is 70.8 cm³/mol. The Morgan fingerprint density at radius 3 is 1.82 bits per heavy atom. The van der Waals surface area contributed by atoms with E-state index in [0.29, 0.717) is 6.61 Å². The molecule has 0 heterocycles. The van der Waals surface area contributed by atoms with Gasteiger partial charge in [0.1, 0.15) is 0 Å². The number of aliphatic hydroxyl groups is 1. The van der Waals surface area contributed by atoms with Crippen LogP contribution in [0.5, 0.6) is 0 Å². The maximum absolute atomic E-state index is 9.82. The molecular formula is C14H24O3. The molecule has 3 heteroatoms. The molecule has 1 rings (SSSR count). The van der Waals surface area contributed by atoms with Crippen molar-refractivity contribution < 1.29 is 14.6 Å². The summed E-state index contributed by atoms with van der Waals surface area (Å²) in [5, 5.41) is 8.06. The van der Waals surface area contributed by atoms with Crippen LogP contribution in [0.15, 0.2) is 30.3 Å². The lowest BCUT2D eigenvalue weighted by Gasteiger charge is -1.89. The van der Waals surface area contributed by atoms with E-state index in [1.165, 1.54) is 12.5 Å². The van der Waals surface area contributed by atoms with Crippen LogP contribution < -0.4 is 0 Å². The van der Waals surface area contributed by atoms with Crippen molar-refractivity contribution in [2.75, 3.05) is 6.61 Å². The second-order valence-electron chi connectivity index (χ2n) is 3.67. The molecule has 0 saturated carbocycles. The molecule has 0 aliphatic rings. The Morgan fingerprint density at radius 2 is 1.71 bits per heavy atom. The molecule has 0 aliphatic heterocycles. The van der Waals surface area contributed by atoms with Crippen LogP contribution in [-0.2, 0) is 9.53 Å². The maximum Gasteiger partial charge on any atom is 0.302 e. The highest BCUT2D eigenvalue weighted by molar-refractivity contribution is 5.65. The third-order valence-corrected chi connectivity index (χ3v) is 1.29. The van der Waals surface area contributed by atoms with Crippen LogP contribution in [0.4, 0.5) is 0 Å². The van der Waals surface area contributed by atoms with Gasteiger partial charge in [0.15, 0.2) is 0 Å². The minimum Gasteiger partial charge on any atom is -0.466 e. The Morgan fingerprint density at radius 1 is 1.29 bits per heavy atom. The fourth-order valence-electron chi connectivity index (χ4n) is 0.738. The van der Waals surface area contributed by atoms with Crippen molar-refractivity contribution in [2.24, 2.45) is 0 Å².